The van der Waals surface area contributed by atoms with Crippen molar-refractivity contribution in [3.63, 3.8) is 0 Å². The van der Waals surface area contributed by atoms with Crippen LogP contribution in [0.15, 0.2) is 35.1 Å². The number of aromatic nitrogens is 1. The van der Waals surface area contributed by atoms with E-state index in [2.05, 4.69) is 10.3 Å². The van der Waals surface area contributed by atoms with Crippen molar-refractivity contribution in [1.29, 1.82) is 0 Å². The van der Waals surface area contributed by atoms with Gasteiger partial charge >= 0.3 is 0 Å². The Morgan fingerprint density at radius 3 is 2.88 bits per heavy atom. The van der Waals surface area contributed by atoms with Crippen molar-refractivity contribution in [3.8, 4) is 5.88 Å². The number of amides is 1. The number of carbonyl (C=O) groups is 1. The number of carbonyl (C=O) groups excluding carboxylic acids is 1. The van der Waals surface area contributed by atoms with Crippen molar-refractivity contribution < 1.29 is 22.3 Å². The highest BCUT2D eigenvalue weighted by atomic mass is 32.2. The Balaban J connectivity index is 2.02. The first-order chi connectivity index (χ1) is 11.9. The Labute approximate surface area is 145 Å². The highest BCUT2D eigenvalue weighted by Crippen LogP contribution is 2.22. The highest BCUT2D eigenvalue weighted by Gasteiger charge is 2.33. The quantitative estimate of drug-likeness (QED) is 0.705. The molecule has 2 heterocycles. The van der Waals surface area contributed by atoms with Crippen molar-refractivity contribution in [1.82, 2.24) is 14.6 Å². The lowest BCUT2D eigenvalue weighted by Crippen LogP contribution is -2.37. The molecule has 1 aromatic rings. The number of pyridine rings is 1. The fourth-order valence-electron chi connectivity index (χ4n) is 2.41. The largest absolute Gasteiger partial charge is 0.473 e. The fourth-order valence-corrected chi connectivity index (χ4v) is 3.85. The number of nitrogens with one attached hydrogen (secondary N) is 1. The van der Waals surface area contributed by atoms with Gasteiger partial charge in [-0.3, -0.25) is 4.79 Å². The molecule has 3 N–H and O–H groups in total. The van der Waals surface area contributed by atoms with Gasteiger partial charge in [0.25, 0.3) is 0 Å². The van der Waals surface area contributed by atoms with E-state index >= 15 is 0 Å². The van der Waals surface area contributed by atoms with Gasteiger partial charge in [0, 0.05) is 44.2 Å². The third-order valence-corrected chi connectivity index (χ3v) is 5.58. The number of hydrogen-bond acceptors (Lipinski definition) is 6. The molecule has 1 unspecified atom stereocenters. The number of ether oxygens (including phenoxy) is 1. The summed E-state index contributed by atoms with van der Waals surface area (Å²) in [5.74, 6) is -0.0177. The van der Waals surface area contributed by atoms with Crippen molar-refractivity contribution in [3.05, 3.63) is 30.2 Å². The van der Waals surface area contributed by atoms with E-state index in [1.165, 1.54) is 29.6 Å². The maximum atomic E-state index is 12.6. The van der Waals surface area contributed by atoms with Gasteiger partial charge in [-0.25, -0.2) is 17.8 Å². The van der Waals surface area contributed by atoms with Crippen LogP contribution in [-0.2, 0) is 14.8 Å². The molecule has 1 saturated heterocycles. The normalized spacial score (nSPS) is 19.0. The number of hydrogen-bond donors (Lipinski definition) is 2. The molecule has 1 aliphatic rings. The SMILES string of the molecule is CC(=O)NC1CCN(S(=O)(=O)c2ccc(OC/C(=C/F)CN)nc2)C1. The van der Waals surface area contributed by atoms with Gasteiger partial charge < -0.3 is 15.8 Å². The lowest BCUT2D eigenvalue weighted by atomic mass is 10.3. The number of rotatable bonds is 7. The average molecular weight is 372 g/mol. The molecule has 10 heteroatoms. The molecule has 0 spiro atoms. The van der Waals surface area contributed by atoms with E-state index < -0.39 is 10.0 Å². The number of nitrogens with zero attached hydrogens (tertiary/aromatic N) is 2. The lowest BCUT2D eigenvalue weighted by Gasteiger charge is -2.17. The number of sulfonamides is 1. The van der Waals surface area contributed by atoms with Crippen molar-refractivity contribution in [2.24, 2.45) is 5.73 Å². The van der Waals surface area contributed by atoms with E-state index in [1.54, 1.807) is 0 Å². The minimum atomic E-state index is -3.69. The van der Waals surface area contributed by atoms with Crippen LogP contribution in [0.2, 0.25) is 0 Å². The lowest BCUT2D eigenvalue weighted by molar-refractivity contribution is -0.119. The second-order valence-electron chi connectivity index (χ2n) is 5.64. The van der Waals surface area contributed by atoms with Crippen molar-refractivity contribution in [2.75, 3.05) is 26.2 Å². The van der Waals surface area contributed by atoms with Gasteiger partial charge in [-0.15, -0.1) is 0 Å². The molecule has 0 radical (unpaired) electrons. The molecule has 2 rings (SSSR count). The van der Waals surface area contributed by atoms with Gasteiger partial charge in [0.05, 0.1) is 12.5 Å². The second-order valence-corrected chi connectivity index (χ2v) is 7.58. The summed E-state index contributed by atoms with van der Waals surface area (Å²) >= 11 is 0. The molecule has 1 atom stereocenters. The van der Waals surface area contributed by atoms with Gasteiger partial charge in [0.1, 0.15) is 11.5 Å². The van der Waals surface area contributed by atoms with E-state index in [-0.39, 0.29) is 48.0 Å². The molecule has 8 nitrogen and oxygen atoms in total. The van der Waals surface area contributed by atoms with Gasteiger partial charge in [0.2, 0.25) is 21.8 Å². The highest BCUT2D eigenvalue weighted by molar-refractivity contribution is 7.89. The third-order valence-electron chi connectivity index (χ3n) is 3.73. The summed E-state index contributed by atoms with van der Waals surface area (Å²) in [6, 6.07) is 2.59. The fraction of sp³-hybridized carbons (Fsp3) is 0.467. The number of halogens is 1. The summed E-state index contributed by atoms with van der Waals surface area (Å²) in [7, 11) is -3.69. The molecule has 1 fully saturated rings. The van der Waals surface area contributed by atoms with Crippen molar-refractivity contribution in [2.45, 2.75) is 24.3 Å². The van der Waals surface area contributed by atoms with Crippen LogP contribution in [0.4, 0.5) is 4.39 Å². The predicted molar refractivity (Wildman–Crippen MR) is 89.0 cm³/mol. The zero-order chi connectivity index (χ0) is 18.4. The first kappa shape index (κ1) is 19.3. The van der Waals surface area contributed by atoms with Crippen LogP contribution in [0.3, 0.4) is 0 Å². The molecule has 25 heavy (non-hydrogen) atoms. The summed E-state index contributed by atoms with van der Waals surface area (Å²) in [6.07, 6.45) is 2.13. The van der Waals surface area contributed by atoms with Crippen LogP contribution in [-0.4, -0.2) is 55.9 Å². The predicted octanol–water partition coefficient (Wildman–Crippen LogP) is 0.172. The van der Waals surface area contributed by atoms with Crippen LogP contribution < -0.4 is 15.8 Å². The minimum absolute atomic E-state index is 0.0212. The summed E-state index contributed by atoms with van der Waals surface area (Å²) < 4.78 is 44.2. The maximum Gasteiger partial charge on any atom is 0.244 e. The summed E-state index contributed by atoms with van der Waals surface area (Å²) in [6.45, 7) is 1.91. The Bertz CT molecular complexity index is 736. The molecule has 1 amide bonds. The topological polar surface area (TPSA) is 115 Å². The Morgan fingerprint density at radius 2 is 2.32 bits per heavy atom. The molecular weight excluding hydrogens is 351 g/mol. The molecule has 0 aliphatic carbocycles. The summed E-state index contributed by atoms with van der Waals surface area (Å²) in [5, 5.41) is 2.72. The zero-order valence-corrected chi connectivity index (χ0v) is 14.6. The molecule has 138 valence electrons. The van der Waals surface area contributed by atoms with Gasteiger partial charge in [0.15, 0.2) is 0 Å². The maximum absolute atomic E-state index is 12.6. The average Bonchev–Trinajstić information content (AvgIpc) is 3.05. The van der Waals surface area contributed by atoms with E-state index in [4.69, 9.17) is 10.5 Å². The van der Waals surface area contributed by atoms with Crippen molar-refractivity contribution >= 4 is 15.9 Å². The molecule has 0 aromatic carbocycles. The monoisotopic (exact) mass is 372 g/mol. The van der Waals surface area contributed by atoms with Crippen LogP contribution in [0.1, 0.15) is 13.3 Å². The van der Waals surface area contributed by atoms with E-state index in [0.717, 1.165) is 0 Å². The summed E-state index contributed by atoms with van der Waals surface area (Å²) in [4.78, 5) is 15.0. The third kappa shape index (κ3) is 4.97. The van der Waals surface area contributed by atoms with Crippen LogP contribution in [0, 0.1) is 0 Å². The Hall–Kier alpha value is -2.04. The molecule has 0 bridgehead atoms. The Morgan fingerprint density at radius 1 is 1.56 bits per heavy atom. The van der Waals surface area contributed by atoms with E-state index in [0.29, 0.717) is 19.3 Å². The van der Waals surface area contributed by atoms with Gasteiger partial charge in [-0.2, -0.15) is 4.31 Å². The molecule has 1 aromatic heterocycles. The van der Waals surface area contributed by atoms with E-state index in [9.17, 15) is 17.6 Å². The molecule has 1 aliphatic heterocycles. The Kier molecular flexibility index (Phi) is 6.45. The van der Waals surface area contributed by atoms with E-state index in [1.807, 2.05) is 0 Å². The molecule has 0 saturated carbocycles. The van der Waals surface area contributed by atoms with Crippen LogP contribution >= 0.6 is 0 Å². The minimum Gasteiger partial charge on any atom is -0.473 e. The summed E-state index contributed by atoms with van der Waals surface area (Å²) in [5.41, 5.74) is 5.58. The number of nitrogens with two attached hydrogens (primary N) is 1. The zero-order valence-electron chi connectivity index (χ0n) is 13.8. The standard InChI is InChI=1S/C15H21FN4O4S/c1-11(21)19-13-4-5-20(9-13)25(22,23)14-2-3-15(18-8-14)24-10-12(6-16)7-17/h2-3,6,8,13H,4-5,7,9-10,17H2,1H3,(H,19,21)/b12-6+. The van der Waals surface area contributed by atoms with Crippen LogP contribution in [0.5, 0.6) is 5.88 Å². The van der Waals surface area contributed by atoms with Crippen LogP contribution in [0.25, 0.3) is 0 Å². The second kappa shape index (κ2) is 8.37. The first-order valence-corrected chi connectivity index (χ1v) is 9.15. The van der Waals surface area contributed by atoms with Gasteiger partial charge in [-0.05, 0) is 12.5 Å². The first-order valence-electron chi connectivity index (χ1n) is 7.71. The smallest absolute Gasteiger partial charge is 0.244 e. The van der Waals surface area contributed by atoms with Gasteiger partial charge in [-0.1, -0.05) is 0 Å². The molecular formula is C15H21FN4O4S.